The molecule has 0 unspecified atom stereocenters. The standard InChI is InChI=1S/C17H14BrClN4OS/c1-23-16(13-7-2-3-8-14(13)18)21-22-17(23)25-10-15(24)20-12-6-4-5-11(19)9-12/h2-9H,10H2,1H3,(H,20,24). The van der Waals surface area contributed by atoms with Crippen LogP contribution in [0.3, 0.4) is 0 Å². The van der Waals surface area contributed by atoms with E-state index in [9.17, 15) is 4.79 Å². The van der Waals surface area contributed by atoms with Crippen LogP contribution in [0.4, 0.5) is 5.69 Å². The van der Waals surface area contributed by atoms with E-state index >= 15 is 0 Å². The van der Waals surface area contributed by atoms with E-state index in [-0.39, 0.29) is 11.7 Å². The van der Waals surface area contributed by atoms with Gasteiger partial charge in [-0.1, -0.05) is 63.6 Å². The zero-order valence-electron chi connectivity index (χ0n) is 13.2. The average Bonchev–Trinajstić information content (AvgIpc) is 2.94. The maximum absolute atomic E-state index is 12.1. The van der Waals surface area contributed by atoms with Crippen molar-refractivity contribution in [3.8, 4) is 11.4 Å². The summed E-state index contributed by atoms with van der Waals surface area (Å²) in [6.45, 7) is 0. The maximum Gasteiger partial charge on any atom is 0.234 e. The summed E-state index contributed by atoms with van der Waals surface area (Å²) in [6, 6.07) is 14.9. The number of thioether (sulfide) groups is 1. The number of anilines is 1. The molecule has 1 aromatic heterocycles. The molecule has 0 aliphatic rings. The van der Waals surface area contributed by atoms with Gasteiger partial charge < -0.3 is 9.88 Å². The topological polar surface area (TPSA) is 59.8 Å². The molecule has 128 valence electrons. The highest BCUT2D eigenvalue weighted by molar-refractivity contribution is 9.10. The van der Waals surface area contributed by atoms with Crippen LogP contribution < -0.4 is 5.32 Å². The molecule has 1 heterocycles. The van der Waals surface area contributed by atoms with Gasteiger partial charge in [0.1, 0.15) is 0 Å². The normalized spacial score (nSPS) is 10.7. The molecule has 25 heavy (non-hydrogen) atoms. The van der Waals surface area contributed by atoms with Gasteiger partial charge in [-0.2, -0.15) is 0 Å². The Morgan fingerprint density at radius 1 is 1.24 bits per heavy atom. The second kappa shape index (κ2) is 8.03. The second-order valence-corrected chi connectivity index (χ2v) is 7.43. The Morgan fingerprint density at radius 2 is 2.04 bits per heavy atom. The van der Waals surface area contributed by atoms with Crippen LogP contribution in [-0.2, 0) is 11.8 Å². The van der Waals surface area contributed by atoms with Crippen molar-refractivity contribution in [2.75, 3.05) is 11.1 Å². The van der Waals surface area contributed by atoms with Crippen molar-refractivity contribution in [1.29, 1.82) is 0 Å². The average molecular weight is 438 g/mol. The van der Waals surface area contributed by atoms with Gasteiger partial charge in [-0.05, 0) is 24.3 Å². The molecule has 3 aromatic rings. The van der Waals surface area contributed by atoms with Gasteiger partial charge in [0.25, 0.3) is 0 Å². The van der Waals surface area contributed by atoms with Gasteiger partial charge in [-0.15, -0.1) is 10.2 Å². The first-order chi connectivity index (χ1) is 12.0. The highest BCUT2D eigenvalue weighted by Gasteiger charge is 2.14. The molecule has 0 aliphatic heterocycles. The van der Waals surface area contributed by atoms with Crippen LogP contribution >= 0.6 is 39.3 Å². The lowest BCUT2D eigenvalue weighted by molar-refractivity contribution is -0.113. The summed E-state index contributed by atoms with van der Waals surface area (Å²) < 4.78 is 2.82. The SMILES string of the molecule is Cn1c(SCC(=O)Nc2cccc(Cl)c2)nnc1-c1ccccc1Br. The first-order valence-electron chi connectivity index (χ1n) is 7.37. The summed E-state index contributed by atoms with van der Waals surface area (Å²) in [7, 11) is 1.88. The van der Waals surface area contributed by atoms with Crippen LogP contribution in [0, 0.1) is 0 Å². The van der Waals surface area contributed by atoms with E-state index in [4.69, 9.17) is 11.6 Å². The van der Waals surface area contributed by atoms with E-state index in [0.29, 0.717) is 15.9 Å². The Balaban J connectivity index is 1.66. The Labute approximate surface area is 162 Å². The third kappa shape index (κ3) is 4.42. The van der Waals surface area contributed by atoms with Gasteiger partial charge in [-0.25, -0.2) is 0 Å². The van der Waals surface area contributed by atoms with Crippen molar-refractivity contribution < 1.29 is 4.79 Å². The number of benzene rings is 2. The minimum atomic E-state index is -0.127. The van der Waals surface area contributed by atoms with E-state index in [0.717, 1.165) is 15.9 Å². The molecule has 8 heteroatoms. The quantitative estimate of drug-likeness (QED) is 0.591. The van der Waals surface area contributed by atoms with Gasteiger partial charge in [0.15, 0.2) is 11.0 Å². The van der Waals surface area contributed by atoms with Crippen LogP contribution in [0.1, 0.15) is 0 Å². The van der Waals surface area contributed by atoms with Crippen molar-refractivity contribution in [2.45, 2.75) is 5.16 Å². The number of nitrogens with one attached hydrogen (secondary N) is 1. The second-order valence-electron chi connectivity index (χ2n) is 5.19. The van der Waals surface area contributed by atoms with E-state index in [2.05, 4.69) is 31.4 Å². The lowest BCUT2D eigenvalue weighted by Crippen LogP contribution is -2.14. The van der Waals surface area contributed by atoms with Crippen LogP contribution in [0.5, 0.6) is 0 Å². The molecule has 1 amide bonds. The Morgan fingerprint density at radius 3 is 2.80 bits per heavy atom. The lowest BCUT2D eigenvalue weighted by Gasteiger charge is -2.06. The van der Waals surface area contributed by atoms with Crippen molar-refractivity contribution >= 4 is 50.9 Å². The molecular formula is C17H14BrClN4OS. The number of carbonyl (C=O) groups excluding carboxylic acids is 1. The molecule has 0 saturated carbocycles. The van der Waals surface area contributed by atoms with Gasteiger partial charge >= 0.3 is 0 Å². The van der Waals surface area contributed by atoms with E-state index in [1.165, 1.54) is 11.8 Å². The summed E-state index contributed by atoms with van der Waals surface area (Å²) in [5.41, 5.74) is 1.62. The van der Waals surface area contributed by atoms with Crippen molar-refractivity contribution in [3.63, 3.8) is 0 Å². The van der Waals surface area contributed by atoms with Crippen LogP contribution in [0.25, 0.3) is 11.4 Å². The molecule has 2 aromatic carbocycles. The number of hydrogen-bond acceptors (Lipinski definition) is 4. The first kappa shape index (κ1) is 18.0. The number of halogens is 2. The fourth-order valence-corrected chi connectivity index (χ4v) is 3.57. The summed E-state index contributed by atoms with van der Waals surface area (Å²) in [4.78, 5) is 12.1. The van der Waals surface area contributed by atoms with Crippen molar-refractivity contribution in [3.05, 3.63) is 58.0 Å². The minimum absolute atomic E-state index is 0.127. The molecule has 0 bridgehead atoms. The van der Waals surface area contributed by atoms with E-state index < -0.39 is 0 Å². The van der Waals surface area contributed by atoms with Gasteiger partial charge in [0.05, 0.1) is 5.75 Å². The Bertz CT molecular complexity index is 915. The van der Waals surface area contributed by atoms with E-state index in [1.807, 2.05) is 35.9 Å². The fourth-order valence-electron chi connectivity index (χ4n) is 2.21. The smallest absolute Gasteiger partial charge is 0.234 e. The molecule has 3 rings (SSSR count). The third-order valence-electron chi connectivity index (χ3n) is 3.39. The number of amides is 1. The van der Waals surface area contributed by atoms with E-state index in [1.54, 1.807) is 24.3 Å². The molecule has 5 nitrogen and oxygen atoms in total. The number of hydrogen-bond donors (Lipinski definition) is 1. The molecule has 0 aliphatic carbocycles. The fraction of sp³-hybridized carbons (Fsp3) is 0.118. The molecule has 0 saturated heterocycles. The summed E-state index contributed by atoms with van der Waals surface area (Å²) in [5, 5.41) is 12.5. The molecule has 0 atom stereocenters. The van der Waals surface area contributed by atoms with Gasteiger partial charge in [0, 0.05) is 27.8 Å². The first-order valence-corrected chi connectivity index (χ1v) is 9.53. The summed E-state index contributed by atoms with van der Waals surface area (Å²) in [6.07, 6.45) is 0. The molecule has 1 N–H and O–H groups in total. The lowest BCUT2D eigenvalue weighted by atomic mass is 10.2. The monoisotopic (exact) mass is 436 g/mol. The molecule has 0 fully saturated rings. The molecule has 0 radical (unpaired) electrons. The Hall–Kier alpha value is -1.83. The zero-order chi connectivity index (χ0) is 17.8. The van der Waals surface area contributed by atoms with Crippen LogP contribution in [0.15, 0.2) is 58.2 Å². The Kier molecular flexibility index (Phi) is 5.78. The highest BCUT2D eigenvalue weighted by atomic mass is 79.9. The van der Waals surface area contributed by atoms with Gasteiger partial charge in [-0.3, -0.25) is 4.79 Å². The number of nitrogens with zero attached hydrogens (tertiary/aromatic N) is 3. The zero-order valence-corrected chi connectivity index (χ0v) is 16.4. The molecule has 0 spiro atoms. The highest BCUT2D eigenvalue weighted by Crippen LogP contribution is 2.28. The van der Waals surface area contributed by atoms with Gasteiger partial charge in [0.2, 0.25) is 5.91 Å². The third-order valence-corrected chi connectivity index (χ3v) is 5.34. The summed E-state index contributed by atoms with van der Waals surface area (Å²) >= 11 is 10.8. The molecular weight excluding hydrogens is 424 g/mol. The predicted molar refractivity (Wildman–Crippen MR) is 105 cm³/mol. The predicted octanol–water partition coefficient (Wildman–Crippen LogP) is 4.63. The largest absolute Gasteiger partial charge is 0.325 e. The van der Waals surface area contributed by atoms with Crippen molar-refractivity contribution in [2.24, 2.45) is 7.05 Å². The maximum atomic E-state index is 12.1. The number of aromatic nitrogens is 3. The van der Waals surface area contributed by atoms with Crippen LogP contribution in [-0.4, -0.2) is 26.4 Å². The van der Waals surface area contributed by atoms with Crippen molar-refractivity contribution in [1.82, 2.24) is 14.8 Å². The summed E-state index contributed by atoms with van der Waals surface area (Å²) in [5.74, 6) is 0.844. The number of rotatable bonds is 5. The minimum Gasteiger partial charge on any atom is -0.325 e. The van der Waals surface area contributed by atoms with Crippen LogP contribution in [0.2, 0.25) is 5.02 Å². The number of carbonyl (C=O) groups is 1.